The Bertz CT molecular complexity index is 269. The van der Waals surface area contributed by atoms with E-state index in [1.54, 1.807) is 4.68 Å². The van der Waals surface area contributed by atoms with Crippen molar-refractivity contribution < 1.29 is 0 Å². The van der Waals surface area contributed by atoms with Crippen molar-refractivity contribution >= 4 is 17.5 Å². The number of hydrogen-bond donors (Lipinski definition) is 1. The topological polar surface area (TPSA) is 55.6 Å². The van der Waals surface area contributed by atoms with Crippen LogP contribution in [0.25, 0.3) is 0 Å². The summed E-state index contributed by atoms with van der Waals surface area (Å²) in [4.78, 5) is 0. The first kappa shape index (κ1) is 12.2. The second-order valence-corrected chi connectivity index (χ2v) is 4.02. The molecule has 0 spiro atoms. The molecule has 1 unspecified atom stereocenters. The summed E-state index contributed by atoms with van der Waals surface area (Å²) in [6.45, 7) is 3.07. The smallest absolute Gasteiger partial charge is 0.242 e. The summed E-state index contributed by atoms with van der Waals surface area (Å²) in [5, 5.41) is 14.4. The third-order valence-electron chi connectivity index (χ3n) is 2.38. The molecule has 6 heteroatoms. The van der Waals surface area contributed by atoms with Gasteiger partial charge in [-0.2, -0.15) is 0 Å². The van der Waals surface area contributed by atoms with E-state index < -0.39 is 0 Å². The number of aryl methyl sites for hydroxylation is 1. The van der Waals surface area contributed by atoms with Gasteiger partial charge in [0.05, 0.1) is 0 Å². The molecule has 0 aliphatic rings. The van der Waals surface area contributed by atoms with Gasteiger partial charge in [0.25, 0.3) is 0 Å². The molecule has 0 aliphatic carbocycles. The van der Waals surface area contributed by atoms with Crippen LogP contribution in [0.1, 0.15) is 26.2 Å². The number of rotatable bonds is 7. The summed E-state index contributed by atoms with van der Waals surface area (Å²) in [5.74, 6) is 2.03. The van der Waals surface area contributed by atoms with Crippen molar-refractivity contribution in [2.45, 2.75) is 26.2 Å². The number of aromatic nitrogens is 4. The lowest BCUT2D eigenvalue weighted by Crippen LogP contribution is -2.17. The van der Waals surface area contributed by atoms with E-state index in [-0.39, 0.29) is 0 Å². The van der Waals surface area contributed by atoms with Gasteiger partial charge in [-0.05, 0) is 29.2 Å². The Hall–Kier alpha value is -0.840. The first-order chi connectivity index (χ1) is 7.27. The summed E-state index contributed by atoms with van der Waals surface area (Å²) < 4.78 is 1.63. The van der Waals surface area contributed by atoms with E-state index in [9.17, 15) is 0 Å². The number of alkyl halides is 1. The van der Waals surface area contributed by atoms with Gasteiger partial charge in [0, 0.05) is 19.5 Å². The summed E-state index contributed by atoms with van der Waals surface area (Å²) in [6, 6.07) is 0. The molecular formula is C9H18ClN5. The average molecular weight is 232 g/mol. The van der Waals surface area contributed by atoms with Crippen LogP contribution in [0.15, 0.2) is 0 Å². The zero-order valence-corrected chi connectivity index (χ0v) is 10.0. The third kappa shape index (κ3) is 4.03. The molecule has 1 aromatic rings. The molecule has 1 heterocycles. The van der Waals surface area contributed by atoms with Crippen molar-refractivity contribution in [2.24, 2.45) is 13.0 Å². The fraction of sp³-hybridized carbons (Fsp3) is 0.889. The van der Waals surface area contributed by atoms with Gasteiger partial charge in [-0.3, -0.25) is 0 Å². The summed E-state index contributed by atoms with van der Waals surface area (Å²) in [6.07, 6.45) is 3.40. The second kappa shape index (κ2) is 6.61. The van der Waals surface area contributed by atoms with Crippen LogP contribution in [0, 0.1) is 5.92 Å². The van der Waals surface area contributed by atoms with E-state index in [1.165, 1.54) is 12.8 Å². The number of halogens is 1. The highest BCUT2D eigenvalue weighted by Crippen LogP contribution is 2.12. The SMILES string of the molecule is CCCC(CCCl)CNc1nnnn1C. The Morgan fingerprint density at radius 3 is 2.80 bits per heavy atom. The lowest BCUT2D eigenvalue weighted by atomic mass is 10.0. The maximum atomic E-state index is 5.75. The lowest BCUT2D eigenvalue weighted by Gasteiger charge is -2.15. The highest BCUT2D eigenvalue weighted by atomic mass is 35.5. The summed E-state index contributed by atoms with van der Waals surface area (Å²) >= 11 is 5.75. The highest BCUT2D eigenvalue weighted by Gasteiger charge is 2.08. The Kier molecular flexibility index (Phi) is 5.39. The van der Waals surface area contributed by atoms with E-state index in [0.29, 0.717) is 17.7 Å². The van der Waals surface area contributed by atoms with Gasteiger partial charge < -0.3 is 5.32 Å². The predicted molar refractivity (Wildman–Crippen MR) is 61.0 cm³/mol. The normalized spacial score (nSPS) is 12.7. The molecule has 0 aliphatic heterocycles. The molecule has 15 heavy (non-hydrogen) atoms. The van der Waals surface area contributed by atoms with Gasteiger partial charge in [-0.15, -0.1) is 11.6 Å². The minimum atomic E-state index is 0.601. The number of anilines is 1. The van der Waals surface area contributed by atoms with E-state index in [0.717, 1.165) is 13.0 Å². The molecule has 0 saturated heterocycles. The molecule has 86 valence electrons. The Morgan fingerprint density at radius 1 is 1.47 bits per heavy atom. The zero-order chi connectivity index (χ0) is 11.1. The molecule has 0 aromatic carbocycles. The lowest BCUT2D eigenvalue weighted by molar-refractivity contribution is 0.488. The maximum absolute atomic E-state index is 5.75. The monoisotopic (exact) mass is 231 g/mol. The van der Waals surface area contributed by atoms with Crippen molar-refractivity contribution in [3.63, 3.8) is 0 Å². The van der Waals surface area contributed by atoms with Crippen molar-refractivity contribution in [1.82, 2.24) is 20.2 Å². The quantitative estimate of drug-likeness (QED) is 0.726. The molecule has 0 radical (unpaired) electrons. The number of nitrogens with zero attached hydrogens (tertiary/aromatic N) is 4. The first-order valence-corrected chi connectivity index (χ1v) is 5.83. The van der Waals surface area contributed by atoms with Gasteiger partial charge in [0.15, 0.2) is 0 Å². The minimum Gasteiger partial charge on any atom is -0.353 e. The van der Waals surface area contributed by atoms with E-state index in [4.69, 9.17) is 11.6 Å². The van der Waals surface area contributed by atoms with E-state index in [2.05, 4.69) is 27.8 Å². The van der Waals surface area contributed by atoms with Gasteiger partial charge in [0.2, 0.25) is 5.95 Å². The molecule has 1 aromatic heterocycles. The number of nitrogens with one attached hydrogen (secondary N) is 1. The van der Waals surface area contributed by atoms with Crippen LogP contribution >= 0.6 is 11.6 Å². The number of tetrazole rings is 1. The molecule has 1 atom stereocenters. The van der Waals surface area contributed by atoms with E-state index >= 15 is 0 Å². The highest BCUT2D eigenvalue weighted by molar-refractivity contribution is 6.17. The molecule has 5 nitrogen and oxygen atoms in total. The molecule has 0 bridgehead atoms. The largest absolute Gasteiger partial charge is 0.353 e. The van der Waals surface area contributed by atoms with Gasteiger partial charge in [0.1, 0.15) is 0 Å². The second-order valence-electron chi connectivity index (χ2n) is 3.64. The van der Waals surface area contributed by atoms with Crippen molar-refractivity contribution in [2.75, 3.05) is 17.7 Å². The number of hydrogen-bond acceptors (Lipinski definition) is 4. The molecule has 1 N–H and O–H groups in total. The van der Waals surface area contributed by atoms with Gasteiger partial charge in [-0.1, -0.05) is 18.4 Å². The molecular weight excluding hydrogens is 214 g/mol. The van der Waals surface area contributed by atoms with Crippen LogP contribution < -0.4 is 5.32 Å². The van der Waals surface area contributed by atoms with E-state index in [1.807, 2.05) is 7.05 Å². The van der Waals surface area contributed by atoms with Crippen LogP contribution in [0.2, 0.25) is 0 Å². The van der Waals surface area contributed by atoms with Crippen LogP contribution in [0.4, 0.5) is 5.95 Å². The molecule has 0 fully saturated rings. The minimum absolute atomic E-state index is 0.601. The average Bonchev–Trinajstić information content (AvgIpc) is 2.61. The van der Waals surface area contributed by atoms with Crippen molar-refractivity contribution in [1.29, 1.82) is 0 Å². The van der Waals surface area contributed by atoms with Crippen molar-refractivity contribution in [3.05, 3.63) is 0 Å². The zero-order valence-electron chi connectivity index (χ0n) is 9.28. The summed E-state index contributed by atoms with van der Waals surface area (Å²) in [7, 11) is 1.82. The maximum Gasteiger partial charge on any atom is 0.242 e. The Morgan fingerprint density at radius 2 is 2.27 bits per heavy atom. The van der Waals surface area contributed by atoms with Crippen LogP contribution in [0.3, 0.4) is 0 Å². The van der Waals surface area contributed by atoms with Crippen LogP contribution in [0.5, 0.6) is 0 Å². The van der Waals surface area contributed by atoms with Crippen LogP contribution in [-0.4, -0.2) is 32.6 Å². The van der Waals surface area contributed by atoms with Crippen LogP contribution in [-0.2, 0) is 7.05 Å². The van der Waals surface area contributed by atoms with Gasteiger partial charge >= 0.3 is 0 Å². The Balaban J connectivity index is 2.36. The van der Waals surface area contributed by atoms with Crippen molar-refractivity contribution in [3.8, 4) is 0 Å². The fourth-order valence-corrected chi connectivity index (χ4v) is 1.83. The fourth-order valence-electron chi connectivity index (χ4n) is 1.53. The third-order valence-corrected chi connectivity index (χ3v) is 2.60. The Labute approximate surface area is 95.2 Å². The molecule has 0 saturated carbocycles. The van der Waals surface area contributed by atoms with Gasteiger partial charge in [-0.25, -0.2) is 4.68 Å². The molecule has 1 rings (SSSR count). The molecule has 0 amide bonds. The first-order valence-electron chi connectivity index (χ1n) is 5.30. The predicted octanol–water partition coefficient (Wildman–Crippen LogP) is 1.67. The standard InChI is InChI=1S/C9H18ClN5/c1-3-4-8(5-6-10)7-11-9-12-13-14-15(9)2/h8H,3-7H2,1-2H3,(H,11,12,14). The summed E-state index contributed by atoms with van der Waals surface area (Å²) in [5.41, 5.74) is 0.